The van der Waals surface area contributed by atoms with E-state index in [-0.39, 0.29) is 0 Å². The first kappa shape index (κ1) is 25.1. The molecule has 0 rings (SSSR count). The first-order valence-electron chi connectivity index (χ1n) is 11.4. The summed E-state index contributed by atoms with van der Waals surface area (Å²) in [5.41, 5.74) is 0. The summed E-state index contributed by atoms with van der Waals surface area (Å²) in [7, 11) is -1.90. The Bertz CT molecular complexity index is 269. The van der Waals surface area contributed by atoms with Crippen molar-refractivity contribution in [2.24, 2.45) is 0 Å². The van der Waals surface area contributed by atoms with Gasteiger partial charge < -0.3 is 0 Å². The highest BCUT2D eigenvalue weighted by Gasteiger charge is 2.07. The van der Waals surface area contributed by atoms with Gasteiger partial charge in [0.2, 0.25) is 0 Å². The minimum Gasteiger partial charge on any atom is -0.161 e. The second-order valence-corrected chi connectivity index (χ2v) is 8.94. The third-order valence-corrected chi connectivity index (χ3v) is 5.90. The number of hydrogen-bond acceptors (Lipinski definition) is 1. The molecular weight excluding hydrogens is 327 g/mol. The van der Waals surface area contributed by atoms with Crippen molar-refractivity contribution in [3.63, 3.8) is 0 Å². The van der Waals surface area contributed by atoms with Crippen molar-refractivity contribution >= 4 is 8.03 Å². The SMILES string of the molecule is CCCCCCCCCCCCCCCCCCCCCC[P+](=O)O. The number of unbranched alkanes of at least 4 members (excludes halogenated alkanes) is 19. The lowest BCUT2D eigenvalue weighted by Crippen LogP contribution is -1.84. The van der Waals surface area contributed by atoms with E-state index in [1.165, 1.54) is 116 Å². The lowest BCUT2D eigenvalue weighted by Gasteiger charge is -2.03. The topological polar surface area (TPSA) is 37.3 Å². The van der Waals surface area contributed by atoms with Gasteiger partial charge in [0.25, 0.3) is 0 Å². The van der Waals surface area contributed by atoms with Crippen molar-refractivity contribution in [3.05, 3.63) is 0 Å². The molecule has 0 spiro atoms. The highest BCUT2D eigenvalue weighted by Crippen LogP contribution is 2.17. The van der Waals surface area contributed by atoms with Crippen LogP contribution in [-0.4, -0.2) is 11.1 Å². The summed E-state index contributed by atoms with van der Waals surface area (Å²) in [4.78, 5) is 8.71. The van der Waals surface area contributed by atoms with Crippen LogP contribution in [0.3, 0.4) is 0 Å². The van der Waals surface area contributed by atoms with Gasteiger partial charge in [-0.3, -0.25) is 0 Å². The molecule has 0 amide bonds. The fraction of sp³-hybridized carbons (Fsp3) is 1.00. The summed E-state index contributed by atoms with van der Waals surface area (Å²) < 4.78 is 10.5. The van der Waals surface area contributed by atoms with Crippen LogP contribution < -0.4 is 0 Å². The second kappa shape index (κ2) is 22.1. The second-order valence-electron chi connectivity index (χ2n) is 7.79. The van der Waals surface area contributed by atoms with E-state index in [4.69, 9.17) is 4.89 Å². The normalized spacial score (nSPS) is 11.8. The van der Waals surface area contributed by atoms with Gasteiger partial charge >= 0.3 is 8.03 Å². The zero-order valence-corrected chi connectivity index (χ0v) is 18.0. The van der Waals surface area contributed by atoms with Crippen molar-refractivity contribution in [3.8, 4) is 0 Å². The van der Waals surface area contributed by atoms with Gasteiger partial charge in [-0.2, -0.15) is 4.89 Å². The van der Waals surface area contributed by atoms with Gasteiger partial charge in [0.15, 0.2) is 6.16 Å². The highest BCUT2D eigenvalue weighted by molar-refractivity contribution is 7.37. The summed E-state index contributed by atoms with van der Waals surface area (Å²) in [6.07, 6.45) is 27.9. The molecule has 0 aromatic carbocycles. The van der Waals surface area contributed by atoms with E-state index in [0.717, 1.165) is 12.8 Å². The zero-order chi connectivity index (χ0) is 18.4. The van der Waals surface area contributed by atoms with Gasteiger partial charge in [-0.25, -0.2) is 0 Å². The maximum Gasteiger partial charge on any atom is 0.505 e. The molecule has 0 bridgehead atoms. The average Bonchev–Trinajstić information content (AvgIpc) is 2.60. The Morgan fingerprint density at radius 2 is 0.720 bits per heavy atom. The predicted octanol–water partition coefficient (Wildman–Crippen LogP) is 8.54. The fourth-order valence-electron chi connectivity index (χ4n) is 3.50. The molecule has 0 aliphatic carbocycles. The van der Waals surface area contributed by atoms with Crippen LogP contribution in [0, 0.1) is 0 Å². The van der Waals surface area contributed by atoms with Crippen LogP contribution in [0.4, 0.5) is 0 Å². The third kappa shape index (κ3) is 24.1. The van der Waals surface area contributed by atoms with Crippen molar-refractivity contribution in [2.45, 2.75) is 135 Å². The summed E-state index contributed by atoms with van der Waals surface area (Å²) >= 11 is 0. The zero-order valence-electron chi connectivity index (χ0n) is 17.2. The average molecular weight is 374 g/mol. The Labute approximate surface area is 159 Å². The largest absolute Gasteiger partial charge is 0.505 e. The fourth-order valence-corrected chi connectivity index (χ4v) is 4.00. The minimum atomic E-state index is -1.90. The van der Waals surface area contributed by atoms with E-state index < -0.39 is 8.03 Å². The van der Waals surface area contributed by atoms with Crippen LogP contribution >= 0.6 is 8.03 Å². The van der Waals surface area contributed by atoms with E-state index in [9.17, 15) is 4.57 Å². The summed E-state index contributed by atoms with van der Waals surface area (Å²) in [6, 6.07) is 0. The molecule has 0 aromatic rings. The summed E-state index contributed by atoms with van der Waals surface area (Å²) in [6.45, 7) is 2.29. The lowest BCUT2D eigenvalue weighted by molar-refractivity contribution is 0.497. The monoisotopic (exact) mass is 373 g/mol. The Morgan fingerprint density at radius 1 is 0.480 bits per heavy atom. The molecular formula is C22H46O2P+. The van der Waals surface area contributed by atoms with Crippen LogP contribution in [0.25, 0.3) is 0 Å². The predicted molar refractivity (Wildman–Crippen MR) is 113 cm³/mol. The number of hydrogen-bond donors (Lipinski definition) is 1. The van der Waals surface area contributed by atoms with Gasteiger partial charge in [0.1, 0.15) is 0 Å². The van der Waals surface area contributed by atoms with Crippen LogP contribution in [0.15, 0.2) is 0 Å². The van der Waals surface area contributed by atoms with Crippen LogP contribution in [0.1, 0.15) is 135 Å². The summed E-state index contributed by atoms with van der Waals surface area (Å²) in [5.74, 6) is 0. The quantitative estimate of drug-likeness (QED) is 0.162. The van der Waals surface area contributed by atoms with Gasteiger partial charge in [-0.15, -0.1) is 0 Å². The van der Waals surface area contributed by atoms with Gasteiger partial charge in [-0.1, -0.05) is 122 Å². The molecule has 0 aromatic heterocycles. The lowest BCUT2D eigenvalue weighted by atomic mass is 10.0. The first-order valence-corrected chi connectivity index (χ1v) is 12.8. The molecule has 1 unspecified atom stereocenters. The maximum absolute atomic E-state index is 10.5. The van der Waals surface area contributed by atoms with Crippen molar-refractivity contribution in [2.75, 3.05) is 6.16 Å². The van der Waals surface area contributed by atoms with E-state index >= 15 is 0 Å². The smallest absolute Gasteiger partial charge is 0.161 e. The highest BCUT2D eigenvalue weighted by atomic mass is 31.1. The molecule has 0 saturated heterocycles. The van der Waals surface area contributed by atoms with Gasteiger partial charge in [0, 0.05) is 0 Å². The van der Waals surface area contributed by atoms with Gasteiger partial charge in [-0.05, 0) is 17.4 Å². The summed E-state index contributed by atoms with van der Waals surface area (Å²) in [5, 5.41) is 0. The van der Waals surface area contributed by atoms with E-state index in [1.807, 2.05) is 0 Å². The first-order chi connectivity index (χ1) is 12.3. The van der Waals surface area contributed by atoms with E-state index in [2.05, 4.69) is 6.92 Å². The molecule has 25 heavy (non-hydrogen) atoms. The van der Waals surface area contributed by atoms with Crippen molar-refractivity contribution in [1.29, 1.82) is 0 Å². The molecule has 0 aliphatic heterocycles. The Hall–Kier alpha value is 0.0600. The van der Waals surface area contributed by atoms with Crippen molar-refractivity contribution in [1.82, 2.24) is 0 Å². The Balaban J connectivity index is 2.97. The Morgan fingerprint density at radius 3 is 0.960 bits per heavy atom. The van der Waals surface area contributed by atoms with Gasteiger partial charge in [0.05, 0.1) is 0 Å². The molecule has 3 heteroatoms. The molecule has 2 nitrogen and oxygen atoms in total. The van der Waals surface area contributed by atoms with Crippen LogP contribution in [0.2, 0.25) is 0 Å². The van der Waals surface area contributed by atoms with E-state index in [0.29, 0.717) is 6.16 Å². The van der Waals surface area contributed by atoms with Crippen molar-refractivity contribution < 1.29 is 9.46 Å². The van der Waals surface area contributed by atoms with Crippen LogP contribution in [0.5, 0.6) is 0 Å². The molecule has 1 N–H and O–H groups in total. The number of rotatable bonds is 21. The molecule has 0 fully saturated rings. The molecule has 0 radical (unpaired) electrons. The molecule has 0 heterocycles. The van der Waals surface area contributed by atoms with Crippen LogP contribution in [-0.2, 0) is 4.57 Å². The minimum absolute atomic E-state index is 0.494. The molecule has 150 valence electrons. The standard InChI is InChI=1S/C22H45O2P/c1-2-3-4-5-6-7-8-9-10-11-12-13-14-15-16-17-18-19-20-21-22-25(23)24/h2-22H2,1H3/p+1. The molecule has 1 atom stereocenters. The van der Waals surface area contributed by atoms with E-state index in [1.54, 1.807) is 0 Å². The maximum atomic E-state index is 10.5. The Kier molecular flexibility index (Phi) is 22.2. The molecule has 0 saturated carbocycles. The third-order valence-electron chi connectivity index (χ3n) is 5.20. The molecule has 0 aliphatic rings.